The molecule has 0 bridgehead atoms. The number of methoxy groups -OCH3 is 1. The number of hydrogen-bond acceptors (Lipinski definition) is 5. The van der Waals surface area contributed by atoms with Crippen molar-refractivity contribution in [1.82, 2.24) is 0 Å². The van der Waals surface area contributed by atoms with Crippen LogP contribution in [-0.2, 0) is 9.53 Å². The molecular weight excluding hydrogens is 248 g/mol. The summed E-state index contributed by atoms with van der Waals surface area (Å²) in [4.78, 5) is 24.6. The van der Waals surface area contributed by atoms with E-state index >= 15 is 0 Å². The van der Waals surface area contributed by atoms with Crippen LogP contribution in [0.15, 0.2) is 24.3 Å². The zero-order valence-electron chi connectivity index (χ0n) is 10.4. The SMILES string of the molecule is COC(=O)c1ccc(N2CC(=O)C(C#N)C2)cc1.O. The van der Waals surface area contributed by atoms with Crippen LogP contribution in [0.3, 0.4) is 0 Å². The van der Waals surface area contributed by atoms with Gasteiger partial charge in [0.25, 0.3) is 0 Å². The number of hydrogen-bond donors (Lipinski definition) is 0. The maximum absolute atomic E-state index is 11.5. The summed E-state index contributed by atoms with van der Waals surface area (Å²) in [5.41, 5.74) is 1.29. The van der Waals surface area contributed by atoms with Gasteiger partial charge in [-0.15, -0.1) is 0 Å². The fourth-order valence-electron chi connectivity index (χ4n) is 1.92. The number of carbonyl (C=O) groups excluding carboxylic acids is 2. The van der Waals surface area contributed by atoms with Gasteiger partial charge in [0, 0.05) is 12.2 Å². The normalized spacial score (nSPS) is 17.6. The van der Waals surface area contributed by atoms with Gasteiger partial charge in [-0.05, 0) is 24.3 Å². The van der Waals surface area contributed by atoms with Crippen molar-refractivity contribution in [3.63, 3.8) is 0 Å². The van der Waals surface area contributed by atoms with Crippen LogP contribution >= 0.6 is 0 Å². The van der Waals surface area contributed by atoms with E-state index in [4.69, 9.17) is 5.26 Å². The van der Waals surface area contributed by atoms with Crippen molar-refractivity contribution in [2.24, 2.45) is 5.92 Å². The van der Waals surface area contributed by atoms with E-state index in [0.717, 1.165) is 5.69 Å². The number of carbonyl (C=O) groups is 2. The Balaban J connectivity index is 0.00000180. The van der Waals surface area contributed by atoms with Crippen molar-refractivity contribution in [3.05, 3.63) is 29.8 Å². The van der Waals surface area contributed by atoms with Gasteiger partial charge in [-0.1, -0.05) is 0 Å². The topological polar surface area (TPSA) is 102 Å². The largest absolute Gasteiger partial charge is 0.465 e. The standard InChI is InChI=1S/C13H12N2O3.H2O/c1-18-13(17)9-2-4-11(5-3-9)15-7-10(6-14)12(16)8-15;/h2-5,10H,7-8H2,1H3;1H2. The van der Waals surface area contributed by atoms with E-state index in [9.17, 15) is 9.59 Å². The Hall–Kier alpha value is -2.39. The van der Waals surface area contributed by atoms with Crippen molar-refractivity contribution < 1.29 is 19.8 Å². The minimum Gasteiger partial charge on any atom is -0.465 e. The maximum atomic E-state index is 11.5. The van der Waals surface area contributed by atoms with Crippen LogP contribution in [0.25, 0.3) is 0 Å². The number of rotatable bonds is 2. The molecule has 0 aliphatic carbocycles. The minimum atomic E-state index is -0.551. The summed E-state index contributed by atoms with van der Waals surface area (Å²) in [5.74, 6) is -1.01. The molecule has 1 atom stereocenters. The molecule has 1 aliphatic rings. The van der Waals surface area contributed by atoms with E-state index in [2.05, 4.69) is 4.74 Å². The Labute approximate surface area is 110 Å². The number of benzene rings is 1. The first-order chi connectivity index (χ1) is 8.65. The van der Waals surface area contributed by atoms with Gasteiger partial charge in [0.2, 0.25) is 0 Å². The molecule has 1 aromatic carbocycles. The fourth-order valence-corrected chi connectivity index (χ4v) is 1.92. The second-order valence-corrected chi connectivity index (χ2v) is 4.07. The molecule has 2 N–H and O–H groups in total. The Bertz CT molecular complexity index is 518. The van der Waals surface area contributed by atoms with Crippen molar-refractivity contribution in [2.75, 3.05) is 25.1 Å². The van der Waals surface area contributed by atoms with Gasteiger partial charge < -0.3 is 15.1 Å². The summed E-state index contributed by atoms with van der Waals surface area (Å²) in [6.45, 7) is 0.655. The van der Waals surface area contributed by atoms with E-state index in [-0.39, 0.29) is 17.8 Å². The molecule has 6 nitrogen and oxygen atoms in total. The molecule has 0 radical (unpaired) electrons. The maximum Gasteiger partial charge on any atom is 0.337 e. The third-order valence-corrected chi connectivity index (χ3v) is 2.95. The summed E-state index contributed by atoms with van der Waals surface area (Å²) >= 11 is 0. The molecule has 100 valence electrons. The van der Waals surface area contributed by atoms with Crippen LogP contribution in [0.4, 0.5) is 5.69 Å². The van der Waals surface area contributed by atoms with Crippen LogP contribution < -0.4 is 4.90 Å². The van der Waals surface area contributed by atoms with E-state index < -0.39 is 11.9 Å². The number of anilines is 1. The van der Waals surface area contributed by atoms with Crippen LogP contribution in [0.5, 0.6) is 0 Å². The molecule has 1 aliphatic heterocycles. The summed E-state index contributed by atoms with van der Waals surface area (Å²) in [7, 11) is 1.33. The number of nitriles is 1. The second kappa shape index (κ2) is 5.98. The molecule has 1 unspecified atom stereocenters. The Morgan fingerprint density at radius 3 is 2.53 bits per heavy atom. The molecule has 1 heterocycles. The van der Waals surface area contributed by atoms with E-state index in [1.807, 2.05) is 11.0 Å². The van der Waals surface area contributed by atoms with E-state index in [1.165, 1.54) is 7.11 Å². The summed E-state index contributed by atoms with van der Waals surface area (Å²) in [6.07, 6.45) is 0. The first-order valence-corrected chi connectivity index (χ1v) is 5.51. The second-order valence-electron chi connectivity index (χ2n) is 4.07. The summed E-state index contributed by atoms with van der Waals surface area (Å²) in [5, 5.41) is 8.79. The predicted octanol–water partition coefficient (Wildman–Crippen LogP) is 0.177. The third-order valence-electron chi connectivity index (χ3n) is 2.95. The van der Waals surface area contributed by atoms with Gasteiger partial charge in [0.15, 0.2) is 5.78 Å². The Morgan fingerprint density at radius 1 is 1.42 bits per heavy atom. The van der Waals surface area contributed by atoms with Crippen molar-refractivity contribution in [2.45, 2.75) is 0 Å². The Morgan fingerprint density at radius 2 is 2.05 bits per heavy atom. The molecule has 0 spiro atoms. The molecule has 1 aromatic rings. The number of ketones is 1. The zero-order valence-corrected chi connectivity index (χ0v) is 10.4. The van der Waals surface area contributed by atoms with E-state index in [1.54, 1.807) is 24.3 Å². The minimum absolute atomic E-state index is 0. The highest BCUT2D eigenvalue weighted by Gasteiger charge is 2.30. The van der Waals surface area contributed by atoms with Crippen molar-refractivity contribution in [1.29, 1.82) is 5.26 Å². The number of nitrogens with zero attached hydrogens (tertiary/aromatic N) is 2. The van der Waals surface area contributed by atoms with Gasteiger partial charge in [0.1, 0.15) is 5.92 Å². The van der Waals surface area contributed by atoms with Crippen LogP contribution in [0.2, 0.25) is 0 Å². The Kier molecular flexibility index (Phi) is 4.62. The lowest BCUT2D eigenvalue weighted by Crippen LogP contribution is -2.19. The highest BCUT2D eigenvalue weighted by Crippen LogP contribution is 2.22. The fraction of sp³-hybridized carbons (Fsp3) is 0.308. The smallest absolute Gasteiger partial charge is 0.337 e. The summed E-state index contributed by atoms with van der Waals surface area (Å²) < 4.78 is 4.60. The first-order valence-electron chi connectivity index (χ1n) is 5.51. The van der Waals surface area contributed by atoms with E-state index in [0.29, 0.717) is 12.1 Å². The number of ether oxygens (including phenoxy) is 1. The average molecular weight is 262 g/mol. The molecule has 2 rings (SSSR count). The molecule has 6 heteroatoms. The van der Waals surface area contributed by atoms with Crippen molar-refractivity contribution in [3.8, 4) is 6.07 Å². The lowest BCUT2D eigenvalue weighted by Gasteiger charge is -2.16. The summed E-state index contributed by atoms with van der Waals surface area (Å²) in [6, 6.07) is 8.77. The third kappa shape index (κ3) is 2.89. The highest BCUT2D eigenvalue weighted by atomic mass is 16.5. The molecule has 0 amide bonds. The molecule has 1 saturated heterocycles. The van der Waals surface area contributed by atoms with Gasteiger partial charge >= 0.3 is 5.97 Å². The lowest BCUT2D eigenvalue weighted by molar-refractivity contribution is -0.118. The van der Waals surface area contributed by atoms with Gasteiger partial charge in [-0.25, -0.2) is 4.79 Å². The van der Waals surface area contributed by atoms with Gasteiger partial charge in [-0.2, -0.15) is 5.26 Å². The molecular formula is C13H14N2O4. The molecule has 19 heavy (non-hydrogen) atoms. The van der Waals surface area contributed by atoms with Crippen LogP contribution in [-0.4, -0.2) is 37.4 Å². The average Bonchev–Trinajstić information content (AvgIpc) is 2.79. The predicted molar refractivity (Wildman–Crippen MR) is 67.7 cm³/mol. The molecule has 0 aromatic heterocycles. The molecule has 1 fully saturated rings. The first kappa shape index (κ1) is 14.7. The van der Waals surface area contributed by atoms with Gasteiger partial charge in [0.05, 0.1) is 25.3 Å². The lowest BCUT2D eigenvalue weighted by atomic mass is 10.1. The van der Waals surface area contributed by atoms with Crippen LogP contribution in [0, 0.1) is 17.2 Å². The van der Waals surface area contributed by atoms with Crippen molar-refractivity contribution >= 4 is 17.4 Å². The van der Waals surface area contributed by atoms with Crippen LogP contribution in [0.1, 0.15) is 10.4 Å². The molecule has 0 saturated carbocycles. The quantitative estimate of drug-likeness (QED) is 0.707. The zero-order chi connectivity index (χ0) is 13.1. The number of esters is 1. The highest BCUT2D eigenvalue weighted by molar-refractivity contribution is 5.92. The monoisotopic (exact) mass is 262 g/mol. The van der Waals surface area contributed by atoms with Gasteiger partial charge in [-0.3, -0.25) is 4.79 Å². The number of Topliss-reactive ketones (excluding diaryl/α,β-unsaturated/α-hetero) is 1.